The van der Waals surface area contributed by atoms with E-state index in [1.807, 2.05) is 19.1 Å². The molecule has 2 radical (unpaired) electrons. The number of nitrogens with zero attached hydrogens (tertiary/aromatic N) is 1. The minimum atomic E-state index is 0.694. The third kappa shape index (κ3) is 2.03. The molecule has 0 fully saturated rings. The van der Waals surface area contributed by atoms with Crippen LogP contribution in [-0.4, -0.2) is 28.4 Å². The molecule has 0 amide bonds. The topological polar surface area (TPSA) is 22.1 Å². The van der Waals surface area contributed by atoms with Gasteiger partial charge in [0, 0.05) is 0 Å². The van der Waals surface area contributed by atoms with Crippen molar-refractivity contribution in [2.24, 2.45) is 0 Å². The van der Waals surface area contributed by atoms with E-state index in [4.69, 9.17) is 4.74 Å². The molecule has 0 saturated carbocycles. The average molecular weight is 197 g/mol. The standard InChI is InChI=1S/C7H8AsNO/c1-2-10-6-3-4-7(8)9-5-6/h3-5H,2H2,1H3. The summed E-state index contributed by atoms with van der Waals surface area (Å²) in [5.74, 6) is 0.831. The Labute approximate surface area is 69.1 Å². The van der Waals surface area contributed by atoms with Crippen molar-refractivity contribution >= 4 is 21.3 Å². The fourth-order valence-electron chi connectivity index (χ4n) is 0.625. The number of hydrogen-bond donors (Lipinski definition) is 0. The number of aromatic nitrogens is 1. The Hall–Kier alpha value is -0.492. The van der Waals surface area contributed by atoms with Crippen LogP contribution in [0.1, 0.15) is 6.92 Å². The van der Waals surface area contributed by atoms with Crippen molar-refractivity contribution in [2.75, 3.05) is 6.61 Å². The molecule has 52 valence electrons. The molecule has 0 atom stereocenters. The van der Waals surface area contributed by atoms with Gasteiger partial charge in [0.2, 0.25) is 0 Å². The first-order valence-electron chi connectivity index (χ1n) is 3.10. The van der Waals surface area contributed by atoms with Gasteiger partial charge in [-0.2, -0.15) is 0 Å². The van der Waals surface area contributed by atoms with Crippen LogP contribution in [0.3, 0.4) is 0 Å². The molecule has 0 spiro atoms. The van der Waals surface area contributed by atoms with Crippen molar-refractivity contribution < 1.29 is 4.74 Å². The normalized spacial score (nSPS) is 9.40. The summed E-state index contributed by atoms with van der Waals surface area (Å²) in [5, 5.41) is 0. The molecule has 1 aromatic rings. The van der Waals surface area contributed by atoms with Gasteiger partial charge in [-0.1, -0.05) is 0 Å². The van der Waals surface area contributed by atoms with Gasteiger partial charge in [-0.05, 0) is 0 Å². The quantitative estimate of drug-likeness (QED) is 0.635. The first kappa shape index (κ1) is 7.61. The summed E-state index contributed by atoms with van der Waals surface area (Å²) in [6, 6.07) is 3.81. The second kappa shape index (κ2) is 3.62. The monoisotopic (exact) mass is 197 g/mol. The fourth-order valence-corrected chi connectivity index (χ4v) is 0.902. The molecule has 10 heavy (non-hydrogen) atoms. The summed E-state index contributed by atoms with van der Waals surface area (Å²) < 4.78 is 6.15. The van der Waals surface area contributed by atoms with Crippen LogP contribution >= 0.6 is 0 Å². The Morgan fingerprint density at radius 1 is 1.60 bits per heavy atom. The predicted octanol–water partition coefficient (Wildman–Crippen LogP) is 0.274. The zero-order valence-electron chi connectivity index (χ0n) is 5.74. The molecule has 1 rings (SSSR count). The third-order valence-corrected chi connectivity index (χ3v) is 1.59. The maximum atomic E-state index is 5.19. The van der Waals surface area contributed by atoms with Gasteiger partial charge in [0.25, 0.3) is 0 Å². The van der Waals surface area contributed by atoms with Gasteiger partial charge in [0.15, 0.2) is 0 Å². The Morgan fingerprint density at radius 2 is 2.40 bits per heavy atom. The molecular formula is C7H8AsNO. The Morgan fingerprint density at radius 3 is 2.90 bits per heavy atom. The van der Waals surface area contributed by atoms with Gasteiger partial charge in [0.05, 0.1) is 0 Å². The van der Waals surface area contributed by atoms with Gasteiger partial charge in [-0.15, -0.1) is 0 Å². The van der Waals surface area contributed by atoms with Crippen molar-refractivity contribution in [3.05, 3.63) is 18.3 Å². The second-order valence-electron chi connectivity index (χ2n) is 1.79. The summed E-state index contributed by atoms with van der Waals surface area (Å²) in [5.41, 5.74) is 0. The molecule has 0 unspecified atom stereocenters. The van der Waals surface area contributed by atoms with Gasteiger partial charge in [-0.3, -0.25) is 0 Å². The van der Waals surface area contributed by atoms with Crippen molar-refractivity contribution in [1.82, 2.24) is 4.98 Å². The number of pyridine rings is 1. The Kier molecular flexibility index (Phi) is 2.76. The van der Waals surface area contributed by atoms with E-state index >= 15 is 0 Å². The van der Waals surface area contributed by atoms with E-state index in [1.165, 1.54) is 0 Å². The third-order valence-electron chi connectivity index (χ3n) is 1.03. The molecule has 0 bridgehead atoms. The SMILES string of the molecule is CCOc1ccc([As])nc1. The molecular weight excluding hydrogens is 189 g/mol. The average Bonchev–Trinajstić information content (AvgIpc) is 1.95. The van der Waals surface area contributed by atoms with E-state index in [9.17, 15) is 0 Å². The van der Waals surface area contributed by atoms with Crippen LogP contribution in [0, 0.1) is 0 Å². The van der Waals surface area contributed by atoms with Crippen molar-refractivity contribution in [3.63, 3.8) is 0 Å². The van der Waals surface area contributed by atoms with E-state index in [-0.39, 0.29) is 0 Å². The fraction of sp³-hybridized carbons (Fsp3) is 0.286. The zero-order valence-corrected chi connectivity index (χ0v) is 7.62. The molecule has 2 nitrogen and oxygen atoms in total. The van der Waals surface area contributed by atoms with Crippen LogP contribution in [0.2, 0.25) is 0 Å². The summed E-state index contributed by atoms with van der Waals surface area (Å²) in [7, 11) is 0. The van der Waals surface area contributed by atoms with E-state index < -0.39 is 0 Å². The molecule has 1 aromatic heterocycles. The van der Waals surface area contributed by atoms with Crippen LogP contribution in [0.5, 0.6) is 5.75 Å². The van der Waals surface area contributed by atoms with Gasteiger partial charge in [-0.25, -0.2) is 0 Å². The van der Waals surface area contributed by atoms with Gasteiger partial charge in [0.1, 0.15) is 0 Å². The molecule has 3 heteroatoms. The summed E-state index contributed by atoms with van der Waals surface area (Å²) in [6.45, 7) is 2.65. The van der Waals surface area contributed by atoms with Crippen LogP contribution in [0.4, 0.5) is 0 Å². The van der Waals surface area contributed by atoms with Crippen LogP contribution < -0.4 is 9.22 Å². The second-order valence-corrected chi connectivity index (χ2v) is 2.75. The first-order chi connectivity index (χ1) is 4.83. The molecule has 0 aliphatic heterocycles. The van der Waals surface area contributed by atoms with Gasteiger partial charge >= 0.3 is 68.7 Å². The molecule has 0 aliphatic rings. The van der Waals surface area contributed by atoms with Crippen LogP contribution in [0.15, 0.2) is 18.3 Å². The molecule has 0 aromatic carbocycles. The predicted molar refractivity (Wildman–Crippen MR) is 40.8 cm³/mol. The van der Waals surface area contributed by atoms with E-state index in [0.717, 1.165) is 10.2 Å². The first-order valence-corrected chi connectivity index (χ1v) is 4.04. The maximum absolute atomic E-state index is 5.19. The van der Waals surface area contributed by atoms with E-state index in [1.54, 1.807) is 6.20 Å². The molecule has 0 aliphatic carbocycles. The van der Waals surface area contributed by atoms with E-state index in [0.29, 0.717) is 6.61 Å². The van der Waals surface area contributed by atoms with Crippen molar-refractivity contribution in [1.29, 1.82) is 0 Å². The number of hydrogen-bond acceptors (Lipinski definition) is 2. The Balaban J connectivity index is 2.69. The number of ether oxygens (including phenoxy) is 1. The Bertz CT molecular complexity index is 197. The summed E-state index contributed by atoms with van der Waals surface area (Å²) in [4.78, 5) is 4.04. The van der Waals surface area contributed by atoms with Crippen LogP contribution in [-0.2, 0) is 0 Å². The minimum absolute atomic E-state index is 0.694. The van der Waals surface area contributed by atoms with Gasteiger partial charge < -0.3 is 0 Å². The van der Waals surface area contributed by atoms with Crippen LogP contribution in [0.25, 0.3) is 0 Å². The van der Waals surface area contributed by atoms with Crippen molar-refractivity contribution in [2.45, 2.75) is 6.92 Å². The van der Waals surface area contributed by atoms with E-state index in [2.05, 4.69) is 21.8 Å². The van der Waals surface area contributed by atoms with Crippen molar-refractivity contribution in [3.8, 4) is 5.75 Å². The summed E-state index contributed by atoms with van der Waals surface area (Å²) >= 11 is 2.38. The molecule has 0 N–H and O–H groups in total. The molecule has 1 heterocycles. The number of rotatable bonds is 2. The summed E-state index contributed by atoms with van der Waals surface area (Å²) in [6.07, 6.45) is 1.72. The zero-order chi connectivity index (χ0) is 7.40. The molecule has 0 saturated heterocycles.